The Bertz CT molecular complexity index is 1650. The van der Waals surface area contributed by atoms with Gasteiger partial charge in [-0.05, 0) is 91.3 Å². The third-order valence-corrected chi connectivity index (χ3v) is 17.3. The van der Waals surface area contributed by atoms with Gasteiger partial charge in [0.05, 0.1) is 211 Å². The fraction of sp³-hybridized carbons (Fsp3) is 0.938. The maximum Gasteiger partial charge on any atom is 0.306 e. The van der Waals surface area contributed by atoms with Crippen LogP contribution in [0.4, 0.5) is 0 Å². The highest BCUT2D eigenvalue weighted by molar-refractivity contribution is 5.81. The third-order valence-electron chi connectivity index (χ3n) is 17.3. The van der Waals surface area contributed by atoms with E-state index in [-0.39, 0.29) is 36.2 Å². The van der Waals surface area contributed by atoms with Gasteiger partial charge >= 0.3 is 5.97 Å². The van der Waals surface area contributed by atoms with Gasteiger partial charge in [0.2, 0.25) is 5.91 Å². The highest BCUT2D eigenvalue weighted by atomic mass is 16.6. The Hall–Kier alpha value is -1.96. The maximum atomic E-state index is 12.9. The maximum absolute atomic E-state index is 12.9. The van der Waals surface area contributed by atoms with Crippen LogP contribution < -0.4 is 5.32 Å². The van der Waals surface area contributed by atoms with Gasteiger partial charge in [-0.3, -0.25) is 9.59 Å². The Kier molecular flexibility index (Phi) is 42.5. The van der Waals surface area contributed by atoms with Crippen LogP contribution in [0.2, 0.25) is 0 Å². The van der Waals surface area contributed by atoms with E-state index >= 15 is 0 Å². The van der Waals surface area contributed by atoms with Crippen molar-refractivity contribution < 1.29 is 90.1 Å². The summed E-state index contributed by atoms with van der Waals surface area (Å²) >= 11 is 0. The molecule has 0 spiro atoms. The molecule has 4 aliphatic carbocycles. The second-order valence-electron chi connectivity index (χ2n) is 23.7. The minimum Gasteiger partial charge on any atom is -0.462 e. The number of amides is 1. The minimum absolute atomic E-state index is 0.0889. The number of hydrogen-bond acceptors (Lipinski definition) is 19. The Morgan fingerprint density at radius 1 is 0.488 bits per heavy atom. The monoisotopic (exact) mass is 1200 g/mol. The van der Waals surface area contributed by atoms with E-state index in [1.54, 1.807) is 7.11 Å². The predicted octanol–water partition coefficient (Wildman–Crippen LogP) is 7.73. The van der Waals surface area contributed by atoms with Crippen molar-refractivity contribution in [1.29, 1.82) is 0 Å². The molecule has 1 amide bonds. The zero-order chi connectivity index (χ0) is 60.0. The largest absolute Gasteiger partial charge is 0.462 e. The van der Waals surface area contributed by atoms with Crippen LogP contribution in [0.3, 0.4) is 0 Å². The van der Waals surface area contributed by atoms with E-state index in [4.69, 9.17) is 80.5 Å². The molecular formula is C64H117NO19. The molecule has 0 radical (unpaired) electrons. The number of esters is 1. The molecule has 492 valence electrons. The number of rotatable bonds is 57. The number of carbonyl (C=O) groups excluding carboxylic acids is 2. The molecule has 20 heteroatoms. The van der Waals surface area contributed by atoms with E-state index in [1.807, 2.05) is 0 Å². The predicted molar refractivity (Wildman–Crippen MR) is 319 cm³/mol. The average Bonchev–Trinajstić information content (AvgIpc) is 2.95. The number of allylic oxidation sites excluding steroid dienone is 1. The Balaban J connectivity index is 0.797. The Morgan fingerprint density at radius 2 is 0.893 bits per heavy atom. The van der Waals surface area contributed by atoms with Crippen LogP contribution in [-0.2, 0) is 90.1 Å². The lowest BCUT2D eigenvalue weighted by Gasteiger charge is -2.58. The summed E-state index contributed by atoms with van der Waals surface area (Å²) in [6, 6.07) is 0. The molecule has 3 saturated carbocycles. The second kappa shape index (κ2) is 48.0. The summed E-state index contributed by atoms with van der Waals surface area (Å²) in [5, 5.41) is 2.85. The zero-order valence-electron chi connectivity index (χ0n) is 53.2. The molecule has 0 aromatic rings. The molecule has 1 N–H and O–H groups in total. The summed E-state index contributed by atoms with van der Waals surface area (Å²) in [4.78, 5) is 25.4. The van der Waals surface area contributed by atoms with Gasteiger partial charge in [-0.2, -0.15) is 0 Å². The average molecular weight is 1200 g/mol. The van der Waals surface area contributed by atoms with Crippen LogP contribution >= 0.6 is 0 Å². The number of methoxy groups -OCH3 is 1. The summed E-state index contributed by atoms with van der Waals surface area (Å²) in [6.07, 6.45) is 16.3. The lowest BCUT2D eigenvalue weighted by atomic mass is 9.47. The molecule has 3 fully saturated rings. The first kappa shape index (κ1) is 74.5. The molecule has 8 atom stereocenters. The fourth-order valence-electron chi connectivity index (χ4n) is 12.9. The molecule has 0 unspecified atom stereocenters. The molecule has 0 aromatic heterocycles. The van der Waals surface area contributed by atoms with Gasteiger partial charge in [-0.25, -0.2) is 0 Å². The van der Waals surface area contributed by atoms with E-state index in [0.717, 1.165) is 54.8 Å². The molecule has 84 heavy (non-hydrogen) atoms. The van der Waals surface area contributed by atoms with Crippen LogP contribution in [0.5, 0.6) is 0 Å². The number of nitrogens with one attached hydrogen (secondary N) is 1. The minimum atomic E-state index is -0.280. The molecule has 4 aliphatic rings. The van der Waals surface area contributed by atoms with Crippen LogP contribution in [-0.4, -0.2) is 236 Å². The van der Waals surface area contributed by atoms with Gasteiger partial charge in [-0.1, -0.05) is 65.5 Å². The molecule has 0 heterocycles. The van der Waals surface area contributed by atoms with E-state index in [1.165, 1.54) is 56.9 Å². The SMILES string of the molecule is COCCOCCOCCOCCOCCOCCOCCOCCOCCOCCOCCOCCOCCOCCOCCOCCNC(=O)CCC(=O)O[C@H]1CC[C@@]2(C)C(=CC[C@H]3[C@@H]4CC[C@H]([C@H](C)CCCC(C)C)[C@@]4(C)CC[C@@H]32)C1. The standard InChI is InChI=1S/C64H117NO19/c1-53(2)8-7-9-54(3)58-12-13-59-57-11-10-55-52-56(16-18-63(55,4)60(57)17-19-64(58,59)5)84-62(67)15-14-61(66)65-20-21-69-24-25-71-28-29-73-32-33-75-36-37-77-40-41-79-44-45-81-48-49-83-51-50-82-47-46-80-43-42-78-39-38-76-35-34-74-31-30-72-27-26-70-23-22-68-6/h10,53-54,56-60H,7-9,11-52H2,1-6H3,(H,65,66)/t54-,56+,57+,58-,59+,60+,63+,64-/m1/s1. The number of fused-ring (bicyclic) bond motifs is 5. The van der Waals surface area contributed by atoms with Gasteiger partial charge in [0.1, 0.15) is 6.10 Å². The van der Waals surface area contributed by atoms with Crippen molar-refractivity contribution in [2.45, 2.75) is 124 Å². The number of ether oxygens (including phenoxy) is 17. The summed E-state index contributed by atoms with van der Waals surface area (Å²) in [5.74, 6) is 4.39. The second-order valence-corrected chi connectivity index (χ2v) is 23.7. The van der Waals surface area contributed by atoms with Crippen molar-refractivity contribution in [3.63, 3.8) is 0 Å². The molecule has 20 nitrogen and oxygen atoms in total. The Morgan fingerprint density at radius 3 is 1.30 bits per heavy atom. The smallest absolute Gasteiger partial charge is 0.306 e. The molecule has 0 saturated heterocycles. The molecule has 0 aromatic carbocycles. The summed E-state index contributed by atoms with van der Waals surface area (Å²) < 4.78 is 93.6. The topological polar surface area (TPSA) is 203 Å². The van der Waals surface area contributed by atoms with Crippen molar-refractivity contribution in [3.8, 4) is 0 Å². The van der Waals surface area contributed by atoms with Crippen LogP contribution in [0, 0.1) is 46.3 Å². The van der Waals surface area contributed by atoms with Crippen LogP contribution in [0.1, 0.15) is 118 Å². The van der Waals surface area contributed by atoms with Crippen molar-refractivity contribution in [1.82, 2.24) is 5.32 Å². The highest BCUT2D eigenvalue weighted by Crippen LogP contribution is 2.67. The van der Waals surface area contributed by atoms with E-state index in [9.17, 15) is 9.59 Å². The van der Waals surface area contributed by atoms with Gasteiger partial charge < -0.3 is 85.8 Å². The number of carbonyl (C=O) groups is 2. The van der Waals surface area contributed by atoms with Crippen LogP contribution in [0.15, 0.2) is 11.6 Å². The van der Waals surface area contributed by atoms with Crippen LogP contribution in [0.25, 0.3) is 0 Å². The highest BCUT2D eigenvalue weighted by Gasteiger charge is 2.59. The van der Waals surface area contributed by atoms with E-state index < -0.39 is 0 Å². The lowest BCUT2D eigenvalue weighted by Crippen LogP contribution is -2.51. The third kappa shape index (κ3) is 32.0. The molecule has 0 bridgehead atoms. The quantitative estimate of drug-likeness (QED) is 0.0352. The van der Waals surface area contributed by atoms with E-state index in [2.05, 4.69) is 46.0 Å². The zero-order valence-corrected chi connectivity index (χ0v) is 53.2. The lowest BCUT2D eigenvalue weighted by molar-refractivity contribution is -0.152. The van der Waals surface area contributed by atoms with Gasteiger partial charge in [-0.15, -0.1) is 0 Å². The van der Waals surface area contributed by atoms with Crippen molar-refractivity contribution in [2.75, 3.05) is 218 Å². The first-order valence-corrected chi connectivity index (χ1v) is 32.4. The van der Waals surface area contributed by atoms with Crippen molar-refractivity contribution in [3.05, 3.63) is 11.6 Å². The summed E-state index contributed by atoms with van der Waals surface area (Å²) in [7, 11) is 1.64. The summed E-state index contributed by atoms with van der Waals surface area (Å²) in [6.45, 7) is 28.0. The van der Waals surface area contributed by atoms with Crippen molar-refractivity contribution >= 4 is 11.9 Å². The normalized spacial score (nSPS) is 23.3. The molecule has 0 aliphatic heterocycles. The van der Waals surface area contributed by atoms with E-state index in [0.29, 0.717) is 217 Å². The van der Waals surface area contributed by atoms with Gasteiger partial charge in [0.25, 0.3) is 0 Å². The first-order valence-electron chi connectivity index (χ1n) is 32.4. The molecule has 4 rings (SSSR count). The number of hydrogen-bond donors (Lipinski definition) is 1. The molecular weight excluding hydrogens is 1090 g/mol. The first-order chi connectivity index (χ1) is 41.1. The Labute approximate surface area is 506 Å². The fourth-order valence-corrected chi connectivity index (χ4v) is 12.9. The summed E-state index contributed by atoms with van der Waals surface area (Å²) in [5.41, 5.74) is 2.22. The van der Waals surface area contributed by atoms with Gasteiger partial charge in [0.15, 0.2) is 0 Å². The van der Waals surface area contributed by atoms with Crippen molar-refractivity contribution in [2.24, 2.45) is 46.3 Å². The van der Waals surface area contributed by atoms with Gasteiger partial charge in [0, 0.05) is 26.5 Å².